The van der Waals surface area contributed by atoms with Gasteiger partial charge in [-0.3, -0.25) is 10.1 Å². The van der Waals surface area contributed by atoms with Crippen LogP contribution in [0, 0.1) is 10.1 Å². The molecule has 25 heavy (non-hydrogen) atoms. The highest BCUT2D eigenvalue weighted by Gasteiger charge is 2.18. The molecule has 0 bridgehead atoms. The van der Waals surface area contributed by atoms with E-state index in [9.17, 15) is 14.9 Å². The molecular weight excluding hydrogens is 348 g/mol. The van der Waals surface area contributed by atoms with Gasteiger partial charge in [0.15, 0.2) is 12.4 Å². The quantitative estimate of drug-likeness (QED) is 0.384. The van der Waals surface area contributed by atoms with Crippen LogP contribution in [0.2, 0.25) is 5.02 Å². The van der Waals surface area contributed by atoms with Crippen molar-refractivity contribution in [2.24, 2.45) is 0 Å². The summed E-state index contributed by atoms with van der Waals surface area (Å²) in [5.41, 5.74) is 0.505. The predicted molar refractivity (Wildman–Crippen MR) is 89.2 cm³/mol. The molecule has 7 nitrogen and oxygen atoms in total. The third-order valence-electron chi connectivity index (χ3n) is 3.32. The molecule has 0 aliphatic heterocycles. The number of halogens is 1. The molecule has 0 radical (unpaired) electrons. The summed E-state index contributed by atoms with van der Waals surface area (Å²) in [5, 5.41) is 10.8. The number of benzene rings is 2. The van der Waals surface area contributed by atoms with Gasteiger partial charge in [0, 0.05) is 11.6 Å². The number of hydrogen-bond donors (Lipinski definition) is 0. The molecule has 1 aromatic heterocycles. The van der Waals surface area contributed by atoms with Crippen LogP contribution >= 0.6 is 11.6 Å². The smallest absolute Gasteiger partial charge is 0.338 e. The number of esters is 1. The number of carbonyl (C=O) groups is 1. The van der Waals surface area contributed by atoms with Crippen molar-refractivity contribution in [1.29, 1.82) is 0 Å². The first kappa shape index (κ1) is 16.7. The average molecular weight is 359 g/mol. The van der Waals surface area contributed by atoms with E-state index in [-0.39, 0.29) is 28.8 Å². The molecule has 3 aromatic rings. The van der Waals surface area contributed by atoms with Crippen LogP contribution in [0.15, 0.2) is 59.1 Å². The molecular formula is C17H11ClN2O5. The van der Waals surface area contributed by atoms with Crippen LogP contribution in [0.4, 0.5) is 5.69 Å². The number of rotatable bonds is 5. The van der Waals surface area contributed by atoms with Crippen LogP contribution < -0.4 is 0 Å². The van der Waals surface area contributed by atoms with Gasteiger partial charge in [-0.2, -0.15) is 0 Å². The number of ether oxygens (including phenoxy) is 1. The molecule has 1 heterocycles. The number of hydrogen-bond acceptors (Lipinski definition) is 6. The van der Waals surface area contributed by atoms with Gasteiger partial charge in [0.05, 0.1) is 16.7 Å². The second-order valence-electron chi connectivity index (χ2n) is 4.98. The number of carbonyl (C=O) groups excluding carboxylic acids is 1. The predicted octanol–water partition coefficient (Wildman–Crippen LogP) is 4.26. The zero-order valence-corrected chi connectivity index (χ0v) is 13.5. The fraction of sp³-hybridized carbons (Fsp3) is 0.0588. The van der Waals surface area contributed by atoms with Crippen molar-refractivity contribution in [3.8, 4) is 11.3 Å². The van der Waals surface area contributed by atoms with Crippen LogP contribution in [0.3, 0.4) is 0 Å². The van der Waals surface area contributed by atoms with Crippen molar-refractivity contribution in [2.45, 2.75) is 6.61 Å². The lowest BCUT2D eigenvalue weighted by atomic mass is 10.2. The third kappa shape index (κ3) is 3.84. The first-order valence-electron chi connectivity index (χ1n) is 7.16. The number of oxazole rings is 1. The van der Waals surface area contributed by atoms with Crippen molar-refractivity contribution in [3.05, 3.63) is 81.3 Å². The maximum Gasteiger partial charge on any atom is 0.338 e. The van der Waals surface area contributed by atoms with E-state index in [1.807, 2.05) is 30.3 Å². The summed E-state index contributed by atoms with van der Waals surface area (Å²) >= 11 is 5.71. The highest BCUT2D eigenvalue weighted by atomic mass is 35.5. The van der Waals surface area contributed by atoms with Gasteiger partial charge in [-0.05, 0) is 12.1 Å². The molecule has 0 amide bonds. The molecule has 126 valence electrons. The first-order valence-corrected chi connectivity index (χ1v) is 7.53. The molecule has 0 aliphatic rings. The van der Waals surface area contributed by atoms with E-state index in [0.717, 1.165) is 11.6 Å². The fourth-order valence-electron chi connectivity index (χ4n) is 2.10. The summed E-state index contributed by atoms with van der Waals surface area (Å²) in [6.07, 6.45) is 1.53. The van der Waals surface area contributed by atoms with E-state index in [1.165, 1.54) is 18.3 Å². The van der Waals surface area contributed by atoms with Crippen LogP contribution in [0.25, 0.3) is 11.3 Å². The van der Waals surface area contributed by atoms with Gasteiger partial charge >= 0.3 is 5.97 Å². The second-order valence-corrected chi connectivity index (χ2v) is 5.39. The summed E-state index contributed by atoms with van der Waals surface area (Å²) < 4.78 is 10.6. The lowest BCUT2D eigenvalue weighted by Crippen LogP contribution is -2.06. The Kier molecular flexibility index (Phi) is 4.76. The summed E-state index contributed by atoms with van der Waals surface area (Å²) in [7, 11) is 0. The van der Waals surface area contributed by atoms with E-state index < -0.39 is 10.9 Å². The van der Waals surface area contributed by atoms with Gasteiger partial charge in [-0.1, -0.05) is 41.9 Å². The Morgan fingerprint density at radius 3 is 2.72 bits per heavy atom. The molecule has 2 aromatic carbocycles. The van der Waals surface area contributed by atoms with Crippen LogP contribution in [0.1, 0.15) is 16.2 Å². The Hall–Kier alpha value is -3.19. The summed E-state index contributed by atoms with van der Waals surface area (Å²) in [6, 6.07) is 13.0. The molecule has 0 atom stereocenters. The zero-order valence-electron chi connectivity index (χ0n) is 12.7. The summed E-state index contributed by atoms with van der Waals surface area (Å²) in [4.78, 5) is 26.3. The standard InChI is InChI=1S/C17H11ClN2O5/c18-13-7-6-12(8-14(13)20(22)23)17(21)24-10-16-19-9-15(25-16)11-4-2-1-3-5-11/h1-9H,10H2. The molecule has 0 fully saturated rings. The minimum absolute atomic E-state index is 0.0194. The molecule has 0 spiro atoms. The van der Waals surface area contributed by atoms with Crippen molar-refractivity contribution in [2.75, 3.05) is 0 Å². The monoisotopic (exact) mass is 358 g/mol. The largest absolute Gasteiger partial charge is 0.452 e. The average Bonchev–Trinajstić information content (AvgIpc) is 3.09. The third-order valence-corrected chi connectivity index (χ3v) is 3.64. The Morgan fingerprint density at radius 1 is 1.24 bits per heavy atom. The summed E-state index contributed by atoms with van der Waals surface area (Å²) in [5.74, 6) is 0.0312. The lowest BCUT2D eigenvalue weighted by molar-refractivity contribution is -0.384. The van der Waals surface area contributed by atoms with E-state index >= 15 is 0 Å². The number of nitro groups is 1. The Balaban J connectivity index is 1.68. The number of aromatic nitrogens is 1. The van der Waals surface area contributed by atoms with Gasteiger partial charge in [0.2, 0.25) is 5.89 Å². The van der Waals surface area contributed by atoms with Crippen LogP contribution in [-0.4, -0.2) is 15.9 Å². The molecule has 0 saturated heterocycles. The van der Waals surface area contributed by atoms with E-state index in [1.54, 1.807) is 0 Å². The number of nitrogens with zero attached hydrogens (tertiary/aromatic N) is 2. The molecule has 8 heteroatoms. The van der Waals surface area contributed by atoms with Gasteiger partial charge in [-0.15, -0.1) is 0 Å². The normalized spacial score (nSPS) is 10.4. The molecule has 0 unspecified atom stereocenters. The van der Waals surface area contributed by atoms with E-state index in [2.05, 4.69) is 4.98 Å². The van der Waals surface area contributed by atoms with Crippen molar-refractivity contribution in [3.63, 3.8) is 0 Å². The maximum absolute atomic E-state index is 12.0. The Morgan fingerprint density at radius 2 is 2.00 bits per heavy atom. The van der Waals surface area contributed by atoms with Gasteiger partial charge < -0.3 is 9.15 Å². The topological polar surface area (TPSA) is 95.5 Å². The number of nitro benzene ring substituents is 1. The fourth-order valence-corrected chi connectivity index (χ4v) is 2.29. The molecule has 0 N–H and O–H groups in total. The minimum Gasteiger partial charge on any atom is -0.452 e. The summed E-state index contributed by atoms with van der Waals surface area (Å²) in [6.45, 7) is -0.192. The van der Waals surface area contributed by atoms with Crippen molar-refractivity contribution < 1.29 is 18.9 Å². The van der Waals surface area contributed by atoms with Gasteiger partial charge in [-0.25, -0.2) is 9.78 Å². The highest BCUT2D eigenvalue weighted by molar-refractivity contribution is 6.32. The van der Waals surface area contributed by atoms with E-state index in [0.29, 0.717) is 5.76 Å². The maximum atomic E-state index is 12.0. The van der Waals surface area contributed by atoms with Gasteiger partial charge in [0.1, 0.15) is 5.02 Å². The Labute approximate surface area is 147 Å². The van der Waals surface area contributed by atoms with Crippen LogP contribution in [0.5, 0.6) is 0 Å². The molecule has 0 saturated carbocycles. The minimum atomic E-state index is -0.737. The second kappa shape index (κ2) is 7.14. The van der Waals surface area contributed by atoms with Gasteiger partial charge in [0.25, 0.3) is 5.69 Å². The van der Waals surface area contributed by atoms with Crippen LogP contribution in [-0.2, 0) is 11.3 Å². The van der Waals surface area contributed by atoms with E-state index in [4.69, 9.17) is 20.8 Å². The van der Waals surface area contributed by atoms with Crippen molar-refractivity contribution in [1.82, 2.24) is 4.98 Å². The zero-order chi connectivity index (χ0) is 17.8. The SMILES string of the molecule is O=C(OCc1ncc(-c2ccccc2)o1)c1ccc(Cl)c([N+](=O)[O-])c1. The highest BCUT2D eigenvalue weighted by Crippen LogP contribution is 2.25. The molecule has 3 rings (SSSR count). The molecule has 0 aliphatic carbocycles. The lowest BCUT2D eigenvalue weighted by Gasteiger charge is -2.03. The van der Waals surface area contributed by atoms with Crippen molar-refractivity contribution >= 4 is 23.3 Å². The Bertz CT molecular complexity index is 924. The first-order chi connectivity index (χ1) is 12.0.